The summed E-state index contributed by atoms with van der Waals surface area (Å²) in [4.78, 5) is 49.9. The van der Waals surface area contributed by atoms with Gasteiger partial charge in [0.25, 0.3) is 5.56 Å². The maximum atomic E-state index is 13.0. The summed E-state index contributed by atoms with van der Waals surface area (Å²) >= 11 is 0. The zero-order chi connectivity index (χ0) is 22.7. The smallest absolute Gasteiger partial charge is 0.329 e. The third-order valence-electron chi connectivity index (χ3n) is 5.69. The van der Waals surface area contributed by atoms with E-state index in [0.29, 0.717) is 25.3 Å². The van der Waals surface area contributed by atoms with Crippen LogP contribution in [0.1, 0.15) is 18.0 Å². The molecule has 2 aliphatic rings. The monoisotopic (exact) mass is 440 g/mol. The van der Waals surface area contributed by atoms with Gasteiger partial charge in [-0.15, -0.1) is 0 Å². The molecule has 4 rings (SSSR count). The Morgan fingerprint density at radius 1 is 1.00 bits per heavy atom. The van der Waals surface area contributed by atoms with Gasteiger partial charge < -0.3 is 29.9 Å². The number of urea groups is 1. The van der Waals surface area contributed by atoms with Crippen molar-refractivity contribution >= 4 is 29.3 Å². The van der Waals surface area contributed by atoms with E-state index in [-0.39, 0.29) is 35.6 Å². The Labute approximate surface area is 183 Å². The molecule has 1 aromatic heterocycles. The van der Waals surface area contributed by atoms with Gasteiger partial charge in [0.2, 0.25) is 5.91 Å². The van der Waals surface area contributed by atoms with Gasteiger partial charge in [0.15, 0.2) is 0 Å². The highest BCUT2D eigenvalue weighted by atomic mass is 16.5. The van der Waals surface area contributed by atoms with Crippen LogP contribution in [0.5, 0.6) is 0 Å². The summed E-state index contributed by atoms with van der Waals surface area (Å²) in [5.41, 5.74) is 1.36. The Kier molecular flexibility index (Phi) is 6.22. The van der Waals surface area contributed by atoms with E-state index < -0.39 is 18.6 Å². The molecule has 2 atom stereocenters. The molecule has 1 fully saturated rings. The topological polar surface area (TPSA) is 130 Å². The van der Waals surface area contributed by atoms with Crippen molar-refractivity contribution in [3.05, 3.63) is 58.5 Å². The highest BCUT2D eigenvalue weighted by Gasteiger charge is 2.36. The summed E-state index contributed by atoms with van der Waals surface area (Å²) in [7, 11) is 0. The summed E-state index contributed by atoms with van der Waals surface area (Å²) in [6, 6.07) is 11.9. The molecule has 0 radical (unpaired) electrons. The van der Waals surface area contributed by atoms with Crippen LogP contribution in [-0.2, 0) is 20.9 Å². The molecule has 2 aliphatic heterocycles. The number of carbonyl (C=O) groups is 3. The minimum absolute atomic E-state index is 0.00850. The van der Waals surface area contributed by atoms with E-state index in [1.165, 1.54) is 0 Å². The molecule has 0 saturated carbocycles. The number of anilines is 2. The number of likely N-dealkylation sites (tertiary alicyclic amines) is 1. The van der Waals surface area contributed by atoms with Gasteiger partial charge in [0, 0.05) is 36.9 Å². The van der Waals surface area contributed by atoms with Crippen LogP contribution < -0.4 is 16.2 Å². The van der Waals surface area contributed by atoms with E-state index in [0.717, 1.165) is 12.1 Å². The average molecular weight is 440 g/mol. The second-order valence-electron chi connectivity index (χ2n) is 8.02. The van der Waals surface area contributed by atoms with Gasteiger partial charge in [0.05, 0.1) is 0 Å². The molecule has 0 spiro atoms. The number of hydrogen-bond acceptors (Lipinski definition) is 5. The lowest BCUT2D eigenvalue weighted by atomic mass is 9.83. The van der Waals surface area contributed by atoms with Gasteiger partial charge in [-0.1, -0.05) is 18.2 Å². The fraction of sp³-hybridized carbons (Fsp3) is 0.364. The number of para-hydroxylation sites is 1. The zero-order valence-corrected chi connectivity index (χ0v) is 17.3. The number of carboxylic acid groups (broad SMARTS) is 1. The van der Waals surface area contributed by atoms with E-state index in [9.17, 15) is 19.2 Å². The van der Waals surface area contributed by atoms with Crippen molar-refractivity contribution in [1.29, 1.82) is 0 Å². The fourth-order valence-electron chi connectivity index (χ4n) is 4.37. The predicted molar refractivity (Wildman–Crippen MR) is 116 cm³/mol. The number of aromatic nitrogens is 1. The standard InChI is InChI=1S/C22H24N4O6/c27-19(12-32-13-20(28)29)25-9-14-8-15(11-25)18-7-6-17(21(30)26(18)10-14)24-22(31)23-16-4-2-1-3-5-16/h1-7,14-15H,8-13H2,(H,28,29)(H2,23,24,31)/t14-,15-/m1/s1. The van der Waals surface area contributed by atoms with Crippen molar-refractivity contribution in [1.82, 2.24) is 9.47 Å². The predicted octanol–water partition coefficient (Wildman–Crippen LogP) is 1.54. The Hall–Kier alpha value is -3.66. The second kappa shape index (κ2) is 9.23. The number of rotatable bonds is 6. The number of nitrogens with zero attached hydrogens (tertiary/aromatic N) is 2. The van der Waals surface area contributed by atoms with Crippen molar-refractivity contribution in [3.63, 3.8) is 0 Å². The second-order valence-corrected chi connectivity index (χ2v) is 8.02. The molecule has 168 valence electrons. The lowest BCUT2D eigenvalue weighted by molar-refractivity contribution is -0.146. The molecule has 1 aromatic carbocycles. The number of benzene rings is 1. The molecule has 2 aromatic rings. The summed E-state index contributed by atoms with van der Waals surface area (Å²) in [5.74, 6) is -1.29. The van der Waals surface area contributed by atoms with Crippen LogP contribution in [0.3, 0.4) is 0 Å². The third-order valence-corrected chi connectivity index (χ3v) is 5.69. The number of ether oxygens (including phenoxy) is 1. The fourth-order valence-corrected chi connectivity index (χ4v) is 4.37. The van der Waals surface area contributed by atoms with Gasteiger partial charge >= 0.3 is 12.0 Å². The minimum atomic E-state index is -1.12. The van der Waals surface area contributed by atoms with Crippen LogP contribution in [0, 0.1) is 5.92 Å². The molecule has 3 heterocycles. The molecule has 10 nitrogen and oxygen atoms in total. The first-order valence-corrected chi connectivity index (χ1v) is 10.3. The van der Waals surface area contributed by atoms with Gasteiger partial charge in [-0.05, 0) is 36.6 Å². The van der Waals surface area contributed by atoms with Crippen LogP contribution in [0.2, 0.25) is 0 Å². The number of nitrogens with one attached hydrogen (secondary N) is 2. The van der Waals surface area contributed by atoms with E-state index >= 15 is 0 Å². The third kappa shape index (κ3) is 4.80. The Balaban J connectivity index is 1.44. The van der Waals surface area contributed by atoms with E-state index in [1.54, 1.807) is 39.8 Å². The van der Waals surface area contributed by atoms with Crippen LogP contribution in [0.15, 0.2) is 47.3 Å². The van der Waals surface area contributed by atoms with Gasteiger partial charge in [-0.25, -0.2) is 9.59 Å². The maximum absolute atomic E-state index is 13.0. The van der Waals surface area contributed by atoms with Crippen LogP contribution in [-0.4, -0.2) is 58.8 Å². The molecule has 32 heavy (non-hydrogen) atoms. The Morgan fingerprint density at radius 3 is 2.53 bits per heavy atom. The minimum Gasteiger partial charge on any atom is -0.480 e. The molecule has 0 aliphatic carbocycles. The number of pyridine rings is 1. The van der Waals surface area contributed by atoms with Crippen molar-refractivity contribution in [2.45, 2.75) is 18.9 Å². The SMILES string of the molecule is O=C(O)COCC(=O)N1C[C@H]2C[C@H](C1)c1ccc(NC(=O)Nc3ccccc3)c(=O)n1C2. The Bertz CT molecular complexity index is 1080. The highest BCUT2D eigenvalue weighted by molar-refractivity contribution is 5.99. The van der Waals surface area contributed by atoms with Crippen LogP contribution in [0.4, 0.5) is 16.2 Å². The number of aliphatic carboxylic acids is 1. The lowest BCUT2D eigenvalue weighted by Crippen LogP contribution is -2.50. The number of carboxylic acids is 1. The summed E-state index contributed by atoms with van der Waals surface area (Å²) in [5, 5.41) is 14.0. The quantitative estimate of drug-likeness (QED) is 0.625. The largest absolute Gasteiger partial charge is 0.480 e. The Morgan fingerprint density at radius 2 is 1.78 bits per heavy atom. The number of fused-ring (bicyclic) bond motifs is 4. The van der Waals surface area contributed by atoms with Crippen molar-refractivity contribution in [2.75, 3.05) is 36.9 Å². The highest BCUT2D eigenvalue weighted by Crippen LogP contribution is 2.35. The molecule has 10 heteroatoms. The van der Waals surface area contributed by atoms with Gasteiger partial charge in [0.1, 0.15) is 18.9 Å². The van der Waals surface area contributed by atoms with E-state index in [1.807, 2.05) is 12.1 Å². The first-order valence-electron chi connectivity index (χ1n) is 10.3. The summed E-state index contributed by atoms with van der Waals surface area (Å²) in [6.07, 6.45) is 0.862. The molecule has 2 bridgehead atoms. The lowest BCUT2D eigenvalue weighted by Gasteiger charge is -2.42. The first-order chi connectivity index (χ1) is 15.4. The molecular formula is C22H24N4O6. The normalized spacial score (nSPS) is 19.1. The summed E-state index contributed by atoms with van der Waals surface area (Å²) < 4.78 is 6.60. The van der Waals surface area contributed by atoms with Crippen molar-refractivity contribution in [3.8, 4) is 0 Å². The molecule has 1 saturated heterocycles. The summed E-state index contributed by atoms with van der Waals surface area (Å²) in [6.45, 7) is 0.562. The van der Waals surface area contributed by atoms with Gasteiger partial charge in [-0.3, -0.25) is 9.59 Å². The van der Waals surface area contributed by atoms with Gasteiger partial charge in [-0.2, -0.15) is 0 Å². The number of piperidine rings is 1. The number of carbonyl (C=O) groups excluding carboxylic acids is 2. The van der Waals surface area contributed by atoms with Crippen LogP contribution in [0.25, 0.3) is 0 Å². The van der Waals surface area contributed by atoms with Crippen LogP contribution >= 0.6 is 0 Å². The molecule has 3 amide bonds. The molecule has 3 N–H and O–H groups in total. The maximum Gasteiger partial charge on any atom is 0.329 e. The van der Waals surface area contributed by atoms with E-state index in [2.05, 4.69) is 10.6 Å². The van der Waals surface area contributed by atoms with E-state index in [4.69, 9.17) is 9.84 Å². The molecule has 0 unspecified atom stereocenters. The molecular weight excluding hydrogens is 416 g/mol. The average Bonchev–Trinajstić information content (AvgIpc) is 2.76. The number of hydrogen-bond donors (Lipinski definition) is 3. The number of amides is 3. The van der Waals surface area contributed by atoms with Crippen molar-refractivity contribution in [2.24, 2.45) is 5.92 Å². The zero-order valence-electron chi connectivity index (χ0n) is 17.3. The van der Waals surface area contributed by atoms with Crippen molar-refractivity contribution < 1.29 is 24.2 Å². The first kappa shape index (κ1) is 21.6.